The number of amides is 3. The normalized spacial score (nSPS) is 17.4. The van der Waals surface area contributed by atoms with Gasteiger partial charge in [-0.2, -0.15) is 0 Å². The molecule has 2 N–H and O–H groups in total. The number of nitrogens with one attached hydrogen (secondary N) is 2. The summed E-state index contributed by atoms with van der Waals surface area (Å²) in [6.07, 6.45) is 0. The van der Waals surface area contributed by atoms with E-state index in [2.05, 4.69) is 31.4 Å². The molecule has 2 aromatic carbocycles. The van der Waals surface area contributed by atoms with Crippen LogP contribution in [0.15, 0.2) is 48.5 Å². The molecule has 0 bridgehead atoms. The summed E-state index contributed by atoms with van der Waals surface area (Å²) in [6, 6.07) is 12.2. The summed E-state index contributed by atoms with van der Waals surface area (Å²) in [6.45, 7) is 7.07. The smallest absolute Gasteiger partial charge is 0.322 e. The lowest BCUT2D eigenvalue weighted by Crippen LogP contribution is -2.53. The Morgan fingerprint density at radius 2 is 1.89 bits per heavy atom. The van der Waals surface area contributed by atoms with Crippen LogP contribution in [0.1, 0.15) is 37.9 Å². The van der Waals surface area contributed by atoms with Crippen LogP contribution in [0, 0.1) is 5.82 Å². The van der Waals surface area contributed by atoms with Gasteiger partial charge in [-0.25, -0.2) is 9.18 Å². The van der Waals surface area contributed by atoms with Gasteiger partial charge in [-0.15, -0.1) is 0 Å². The number of benzene rings is 2. The predicted molar refractivity (Wildman–Crippen MR) is 103 cm³/mol. The minimum absolute atomic E-state index is 0.0238. The van der Waals surface area contributed by atoms with Gasteiger partial charge in [0, 0.05) is 18.8 Å². The Hall–Kier alpha value is -2.89. The molecule has 1 saturated heterocycles. The van der Waals surface area contributed by atoms with Gasteiger partial charge in [0.2, 0.25) is 5.91 Å². The van der Waals surface area contributed by atoms with E-state index in [4.69, 9.17) is 0 Å². The average molecular weight is 369 g/mol. The SMILES string of the molecule is CC(C)(C)c1ccc(NC(=O)N2CCNC(=O)[C@H]2c2cccc(F)c2)cc1. The summed E-state index contributed by atoms with van der Waals surface area (Å²) in [7, 11) is 0. The van der Waals surface area contributed by atoms with Crippen molar-refractivity contribution in [1.82, 2.24) is 10.2 Å². The largest absolute Gasteiger partial charge is 0.352 e. The third-order valence-electron chi connectivity index (χ3n) is 4.64. The second-order valence-corrected chi connectivity index (χ2v) is 7.70. The van der Waals surface area contributed by atoms with E-state index >= 15 is 0 Å². The van der Waals surface area contributed by atoms with Crippen LogP contribution in [0.25, 0.3) is 0 Å². The van der Waals surface area contributed by atoms with Crippen LogP contribution in [0.4, 0.5) is 14.9 Å². The Balaban J connectivity index is 1.80. The first-order valence-corrected chi connectivity index (χ1v) is 8.97. The molecule has 142 valence electrons. The van der Waals surface area contributed by atoms with Gasteiger partial charge in [-0.3, -0.25) is 4.79 Å². The first-order valence-electron chi connectivity index (χ1n) is 8.97. The maximum Gasteiger partial charge on any atom is 0.322 e. The van der Waals surface area contributed by atoms with Gasteiger partial charge in [0.25, 0.3) is 0 Å². The van der Waals surface area contributed by atoms with Crippen LogP contribution < -0.4 is 10.6 Å². The lowest BCUT2D eigenvalue weighted by molar-refractivity contribution is -0.127. The van der Waals surface area contributed by atoms with E-state index in [9.17, 15) is 14.0 Å². The maximum atomic E-state index is 13.6. The molecule has 3 rings (SSSR count). The van der Waals surface area contributed by atoms with Gasteiger partial charge in [0.1, 0.15) is 11.9 Å². The highest BCUT2D eigenvalue weighted by Gasteiger charge is 2.34. The first kappa shape index (κ1) is 18.9. The molecule has 3 amide bonds. The molecule has 0 spiro atoms. The number of carbonyl (C=O) groups excluding carboxylic acids is 2. The Morgan fingerprint density at radius 1 is 1.19 bits per heavy atom. The van der Waals surface area contributed by atoms with Gasteiger partial charge in [0.15, 0.2) is 0 Å². The fourth-order valence-electron chi connectivity index (χ4n) is 3.14. The Bertz CT molecular complexity index is 843. The number of hydrogen-bond donors (Lipinski definition) is 2. The molecule has 1 aliphatic rings. The molecule has 1 fully saturated rings. The first-order chi connectivity index (χ1) is 12.8. The van der Waals surface area contributed by atoms with Crippen LogP contribution in [0.2, 0.25) is 0 Å². The molecule has 1 atom stereocenters. The highest BCUT2D eigenvalue weighted by Crippen LogP contribution is 2.26. The van der Waals surface area contributed by atoms with Crippen LogP contribution >= 0.6 is 0 Å². The standard InChI is InChI=1S/C21H24FN3O2/c1-21(2,3)15-7-9-17(10-8-15)24-20(27)25-12-11-23-19(26)18(25)14-5-4-6-16(22)13-14/h4-10,13,18H,11-12H2,1-3H3,(H,23,26)(H,24,27)/t18-/m1/s1. The lowest BCUT2D eigenvalue weighted by atomic mass is 9.87. The average Bonchev–Trinajstić information content (AvgIpc) is 2.61. The maximum absolute atomic E-state index is 13.6. The molecule has 0 aromatic heterocycles. The topological polar surface area (TPSA) is 61.4 Å². The third kappa shape index (κ3) is 4.27. The van der Waals surface area contributed by atoms with E-state index in [-0.39, 0.29) is 17.4 Å². The quantitative estimate of drug-likeness (QED) is 0.845. The van der Waals surface area contributed by atoms with E-state index in [1.807, 2.05) is 24.3 Å². The summed E-state index contributed by atoms with van der Waals surface area (Å²) in [5, 5.41) is 5.58. The zero-order valence-electron chi connectivity index (χ0n) is 15.8. The second-order valence-electron chi connectivity index (χ2n) is 7.70. The van der Waals surface area contributed by atoms with E-state index in [1.165, 1.54) is 23.1 Å². The van der Waals surface area contributed by atoms with Crippen molar-refractivity contribution < 1.29 is 14.0 Å². The Labute approximate surface area is 158 Å². The van der Waals surface area contributed by atoms with Crippen LogP contribution in [0.5, 0.6) is 0 Å². The molecule has 6 heteroatoms. The van der Waals surface area contributed by atoms with Crippen LogP contribution in [-0.2, 0) is 10.2 Å². The van der Waals surface area contributed by atoms with Gasteiger partial charge < -0.3 is 15.5 Å². The van der Waals surface area contributed by atoms with Crippen molar-refractivity contribution in [3.05, 3.63) is 65.5 Å². The van der Waals surface area contributed by atoms with Crippen molar-refractivity contribution in [2.45, 2.75) is 32.2 Å². The molecular formula is C21H24FN3O2. The molecule has 0 saturated carbocycles. The predicted octanol–water partition coefficient (Wildman–Crippen LogP) is 3.83. The fraction of sp³-hybridized carbons (Fsp3) is 0.333. The van der Waals surface area contributed by atoms with E-state index in [0.29, 0.717) is 24.3 Å². The van der Waals surface area contributed by atoms with Crippen molar-refractivity contribution in [1.29, 1.82) is 0 Å². The summed E-state index contributed by atoms with van der Waals surface area (Å²) in [4.78, 5) is 26.6. The van der Waals surface area contributed by atoms with Crippen molar-refractivity contribution in [3.8, 4) is 0 Å². The van der Waals surface area contributed by atoms with Gasteiger partial charge in [0.05, 0.1) is 0 Å². The lowest BCUT2D eigenvalue weighted by Gasteiger charge is -2.35. The number of piperazine rings is 1. The van der Waals surface area contributed by atoms with Gasteiger partial charge in [-0.05, 0) is 40.8 Å². The number of halogens is 1. The Morgan fingerprint density at radius 3 is 2.52 bits per heavy atom. The number of urea groups is 1. The molecule has 0 radical (unpaired) electrons. The van der Waals surface area contributed by atoms with Crippen LogP contribution in [0.3, 0.4) is 0 Å². The van der Waals surface area contributed by atoms with E-state index < -0.39 is 11.9 Å². The van der Waals surface area contributed by atoms with Crippen molar-refractivity contribution >= 4 is 17.6 Å². The minimum atomic E-state index is -0.858. The summed E-state index contributed by atoms with van der Waals surface area (Å²) in [5.74, 6) is -0.755. The molecule has 2 aromatic rings. The molecule has 27 heavy (non-hydrogen) atoms. The van der Waals surface area contributed by atoms with Crippen molar-refractivity contribution in [2.24, 2.45) is 0 Å². The number of rotatable bonds is 2. The molecule has 1 aliphatic heterocycles. The number of nitrogens with zero attached hydrogens (tertiary/aromatic N) is 1. The monoisotopic (exact) mass is 369 g/mol. The zero-order valence-corrected chi connectivity index (χ0v) is 15.8. The molecule has 1 heterocycles. The van der Waals surface area contributed by atoms with E-state index in [0.717, 1.165) is 5.56 Å². The fourth-order valence-corrected chi connectivity index (χ4v) is 3.14. The van der Waals surface area contributed by atoms with E-state index in [1.54, 1.807) is 6.07 Å². The molecule has 0 aliphatic carbocycles. The number of carbonyl (C=O) groups is 2. The van der Waals surface area contributed by atoms with Gasteiger partial charge in [-0.1, -0.05) is 45.0 Å². The molecular weight excluding hydrogens is 345 g/mol. The van der Waals surface area contributed by atoms with Crippen LogP contribution in [-0.4, -0.2) is 29.9 Å². The molecule has 5 nitrogen and oxygen atoms in total. The number of hydrogen-bond acceptors (Lipinski definition) is 2. The summed E-state index contributed by atoms with van der Waals surface area (Å²) >= 11 is 0. The highest BCUT2D eigenvalue weighted by molar-refractivity contribution is 5.95. The Kier molecular flexibility index (Phi) is 5.17. The zero-order chi connectivity index (χ0) is 19.6. The summed E-state index contributed by atoms with van der Waals surface area (Å²) in [5.41, 5.74) is 2.29. The summed E-state index contributed by atoms with van der Waals surface area (Å²) < 4.78 is 13.6. The minimum Gasteiger partial charge on any atom is -0.352 e. The molecule has 0 unspecified atom stereocenters. The van der Waals surface area contributed by atoms with Crippen molar-refractivity contribution in [2.75, 3.05) is 18.4 Å². The van der Waals surface area contributed by atoms with Gasteiger partial charge >= 0.3 is 6.03 Å². The highest BCUT2D eigenvalue weighted by atomic mass is 19.1. The van der Waals surface area contributed by atoms with Crippen molar-refractivity contribution in [3.63, 3.8) is 0 Å². The second kappa shape index (κ2) is 7.39. The third-order valence-corrected chi connectivity index (χ3v) is 4.64. The number of anilines is 1.